The van der Waals surface area contributed by atoms with Crippen LogP contribution in [0, 0.1) is 5.92 Å². The predicted molar refractivity (Wildman–Crippen MR) is 96.9 cm³/mol. The molecule has 0 radical (unpaired) electrons. The number of hydrogen-bond donors (Lipinski definition) is 1. The second-order valence-electron chi connectivity index (χ2n) is 7.40. The van der Waals surface area contributed by atoms with Gasteiger partial charge in [-0.15, -0.1) is 0 Å². The van der Waals surface area contributed by atoms with Gasteiger partial charge in [-0.2, -0.15) is 0 Å². The molecule has 134 valence electrons. The van der Waals surface area contributed by atoms with Gasteiger partial charge in [0.1, 0.15) is 0 Å². The van der Waals surface area contributed by atoms with Crippen molar-refractivity contribution in [3.63, 3.8) is 0 Å². The van der Waals surface area contributed by atoms with Gasteiger partial charge in [0.15, 0.2) is 0 Å². The summed E-state index contributed by atoms with van der Waals surface area (Å²) >= 11 is 3.44. The molecule has 1 saturated carbocycles. The first kappa shape index (κ1) is 17.0. The minimum Gasteiger partial charge on any atom is -0.394 e. The van der Waals surface area contributed by atoms with E-state index in [4.69, 9.17) is 0 Å². The minimum absolute atomic E-state index is 0.0232. The number of aliphatic hydroxyl groups excluding tert-OH is 1. The average Bonchev–Trinajstić information content (AvgIpc) is 3.12. The summed E-state index contributed by atoms with van der Waals surface area (Å²) < 4.78 is 1.01. The molecule has 0 spiro atoms. The van der Waals surface area contributed by atoms with E-state index in [0.717, 1.165) is 35.7 Å². The second kappa shape index (κ2) is 6.72. The zero-order valence-corrected chi connectivity index (χ0v) is 15.7. The lowest BCUT2D eigenvalue weighted by Crippen LogP contribution is -2.73. The summed E-state index contributed by atoms with van der Waals surface area (Å²) in [6.07, 6.45) is 4.13. The fourth-order valence-corrected chi connectivity index (χ4v) is 5.05. The molecule has 3 atom stereocenters. The largest absolute Gasteiger partial charge is 0.394 e. The van der Waals surface area contributed by atoms with E-state index in [1.54, 1.807) is 9.80 Å². The van der Waals surface area contributed by atoms with E-state index in [1.165, 1.54) is 0 Å². The number of carbonyl (C=O) groups excluding carboxylic acids is 2. The molecular weight excluding hydrogens is 384 g/mol. The fraction of sp³-hybridized carbons (Fsp3) is 0.579. The Bertz CT molecular complexity index is 672. The van der Waals surface area contributed by atoms with E-state index < -0.39 is 0 Å². The maximum Gasteiger partial charge on any atom is 0.242 e. The van der Waals surface area contributed by atoms with Crippen molar-refractivity contribution >= 4 is 27.7 Å². The molecule has 2 amide bonds. The monoisotopic (exact) mass is 406 g/mol. The summed E-state index contributed by atoms with van der Waals surface area (Å²) in [5, 5.41) is 9.79. The maximum atomic E-state index is 12.8. The molecule has 25 heavy (non-hydrogen) atoms. The second-order valence-corrected chi connectivity index (χ2v) is 8.31. The van der Waals surface area contributed by atoms with E-state index in [9.17, 15) is 14.7 Å². The molecule has 0 unspecified atom stereocenters. The third-order valence-electron chi connectivity index (χ3n) is 6.02. The van der Waals surface area contributed by atoms with Gasteiger partial charge in [-0.1, -0.05) is 40.9 Å². The molecule has 2 aliphatic heterocycles. The zero-order chi connectivity index (χ0) is 17.6. The summed E-state index contributed by atoms with van der Waals surface area (Å²) in [4.78, 5) is 28.9. The van der Waals surface area contributed by atoms with Crippen LogP contribution in [-0.4, -0.2) is 58.5 Å². The third kappa shape index (κ3) is 2.89. The molecule has 2 saturated heterocycles. The smallest absolute Gasteiger partial charge is 0.242 e. The van der Waals surface area contributed by atoms with E-state index in [0.29, 0.717) is 6.54 Å². The van der Waals surface area contributed by atoms with E-state index in [1.807, 2.05) is 24.3 Å². The first-order chi connectivity index (χ1) is 12.1. The van der Waals surface area contributed by atoms with Gasteiger partial charge in [-0.3, -0.25) is 9.59 Å². The van der Waals surface area contributed by atoms with E-state index >= 15 is 0 Å². The van der Waals surface area contributed by atoms with Gasteiger partial charge in [-0.25, -0.2) is 0 Å². The van der Waals surface area contributed by atoms with Crippen molar-refractivity contribution < 1.29 is 14.7 Å². The van der Waals surface area contributed by atoms with Gasteiger partial charge >= 0.3 is 0 Å². The summed E-state index contributed by atoms with van der Waals surface area (Å²) in [5.41, 5.74) is 1.12. The predicted octanol–water partition coefficient (Wildman–Crippen LogP) is 2.14. The van der Waals surface area contributed by atoms with Gasteiger partial charge in [0.05, 0.1) is 25.2 Å². The van der Waals surface area contributed by atoms with Crippen molar-refractivity contribution in [2.75, 3.05) is 19.7 Å². The van der Waals surface area contributed by atoms with Crippen molar-refractivity contribution in [3.05, 3.63) is 34.3 Å². The number of amides is 2. The molecule has 4 rings (SSSR count). The Morgan fingerprint density at radius 2 is 1.88 bits per heavy atom. The number of carbonyl (C=O) groups is 2. The fourth-order valence-electron chi connectivity index (χ4n) is 4.78. The number of nitrogens with zero attached hydrogens (tertiary/aromatic N) is 2. The highest BCUT2D eigenvalue weighted by molar-refractivity contribution is 9.10. The van der Waals surface area contributed by atoms with Crippen LogP contribution >= 0.6 is 15.9 Å². The van der Waals surface area contributed by atoms with Crippen molar-refractivity contribution in [2.45, 2.75) is 43.7 Å². The average molecular weight is 407 g/mol. The molecule has 3 aliphatic rings. The summed E-state index contributed by atoms with van der Waals surface area (Å²) in [6, 6.07) is 7.85. The van der Waals surface area contributed by atoms with Gasteiger partial charge < -0.3 is 14.9 Å². The highest BCUT2D eigenvalue weighted by Crippen LogP contribution is 2.43. The standard InChI is InChI=1S/C19H23BrN2O3/c20-14-7-5-12(6-8-14)18-15-9-21(19(25)13-3-1-2-4-13)10-17(24)22(15)16(18)11-23/h5-8,13,15-16,18,23H,1-4,9-11H2/t15-,16-,18+/m1/s1. The molecule has 1 aromatic rings. The van der Waals surface area contributed by atoms with Crippen LogP contribution in [0.5, 0.6) is 0 Å². The molecular formula is C19H23BrN2O3. The van der Waals surface area contributed by atoms with Crippen LogP contribution in [0.15, 0.2) is 28.7 Å². The molecule has 5 nitrogen and oxygen atoms in total. The lowest BCUT2D eigenvalue weighted by Gasteiger charge is -2.59. The van der Waals surface area contributed by atoms with Crippen molar-refractivity contribution in [2.24, 2.45) is 5.92 Å². The number of aliphatic hydroxyl groups is 1. The zero-order valence-electron chi connectivity index (χ0n) is 14.1. The molecule has 0 aromatic heterocycles. The van der Waals surface area contributed by atoms with Crippen molar-refractivity contribution in [1.82, 2.24) is 9.80 Å². The Balaban J connectivity index is 1.55. The molecule has 2 heterocycles. The first-order valence-electron chi connectivity index (χ1n) is 9.06. The summed E-state index contributed by atoms with van der Waals surface area (Å²) in [6.45, 7) is 0.702. The van der Waals surface area contributed by atoms with E-state index in [-0.39, 0.29) is 48.9 Å². The van der Waals surface area contributed by atoms with Gasteiger partial charge in [0.2, 0.25) is 11.8 Å². The Morgan fingerprint density at radius 1 is 1.20 bits per heavy atom. The third-order valence-corrected chi connectivity index (χ3v) is 6.55. The summed E-state index contributed by atoms with van der Waals surface area (Å²) in [7, 11) is 0. The highest BCUT2D eigenvalue weighted by atomic mass is 79.9. The Kier molecular flexibility index (Phi) is 4.58. The van der Waals surface area contributed by atoms with Crippen molar-refractivity contribution in [1.29, 1.82) is 0 Å². The van der Waals surface area contributed by atoms with Crippen LogP contribution in [-0.2, 0) is 9.59 Å². The minimum atomic E-state index is -0.178. The normalized spacial score (nSPS) is 29.5. The highest BCUT2D eigenvalue weighted by Gasteiger charge is 2.54. The molecule has 3 fully saturated rings. The molecule has 1 aliphatic carbocycles. The summed E-state index contributed by atoms with van der Waals surface area (Å²) in [5.74, 6) is 0.294. The Morgan fingerprint density at radius 3 is 2.52 bits per heavy atom. The van der Waals surface area contributed by atoms with Crippen LogP contribution < -0.4 is 0 Å². The number of halogens is 1. The molecule has 6 heteroatoms. The van der Waals surface area contributed by atoms with Gasteiger partial charge in [0.25, 0.3) is 0 Å². The quantitative estimate of drug-likeness (QED) is 0.836. The van der Waals surface area contributed by atoms with Crippen LogP contribution in [0.2, 0.25) is 0 Å². The molecule has 0 bridgehead atoms. The lowest BCUT2D eigenvalue weighted by atomic mass is 9.73. The lowest BCUT2D eigenvalue weighted by molar-refractivity contribution is -0.168. The first-order valence-corrected chi connectivity index (χ1v) is 9.85. The van der Waals surface area contributed by atoms with Crippen molar-refractivity contribution in [3.8, 4) is 0 Å². The molecule has 1 N–H and O–H groups in total. The number of piperazine rings is 1. The SMILES string of the molecule is O=C(C1CCCC1)N1CC(=O)N2[C@H](CO)[C@@H](c3ccc(Br)cc3)[C@H]2C1. The number of benzene rings is 1. The van der Waals surface area contributed by atoms with Crippen LogP contribution in [0.3, 0.4) is 0 Å². The van der Waals surface area contributed by atoms with E-state index in [2.05, 4.69) is 15.9 Å². The Labute approximate surface area is 156 Å². The van der Waals surface area contributed by atoms with Gasteiger partial charge in [0, 0.05) is 22.9 Å². The number of hydrogen-bond acceptors (Lipinski definition) is 3. The van der Waals surface area contributed by atoms with Crippen LogP contribution in [0.25, 0.3) is 0 Å². The van der Waals surface area contributed by atoms with Crippen LogP contribution in [0.1, 0.15) is 37.2 Å². The van der Waals surface area contributed by atoms with Crippen LogP contribution in [0.4, 0.5) is 0 Å². The topological polar surface area (TPSA) is 60.9 Å². The molecule has 1 aromatic carbocycles. The number of rotatable bonds is 3. The van der Waals surface area contributed by atoms with Gasteiger partial charge in [-0.05, 0) is 30.5 Å². The maximum absolute atomic E-state index is 12.8. The number of fused-ring (bicyclic) bond motifs is 1. The Hall–Kier alpha value is -1.40.